The summed E-state index contributed by atoms with van der Waals surface area (Å²) in [6.07, 6.45) is 11.3. The SMILES string of the molecule is O=C1C2CCCCC2C(=O)N1CC(CN1C(=O)C2CCCCC2C1=O)(CN1C(=O)C2CCCCC2C1=O)CN1C(=O)C2CCCCC2C1=O. The fourth-order valence-corrected chi connectivity index (χ4v) is 11.2. The standard InChI is InChI=1S/C37H48N4O8/c42-29-21-9-1-2-10-22(21)30(43)38(29)17-37(18-39-31(44)23-11-3-4-12-24(23)32(39)45,19-40-33(46)25-13-5-6-14-26(25)34(40)47)20-41-35(48)27-15-7-8-16-28(27)36(41)49/h21-28H,1-20H2. The van der Waals surface area contributed by atoms with Crippen molar-refractivity contribution in [1.82, 2.24) is 19.6 Å². The second kappa shape index (κ2) is 12.4. The van der Waals surface area contributed by atoms with Crippen LogP contribution >= 0.6 is 0 Å². The Morgan fingerprint density at radius 1 is 0.306 bits per heavy atom. The Kier molecular flexibility index (Phi) is 8.29. The van der Waals surface area contributed by atoms with Crippen molar-refractivity contribution in [3.8, 4) is 0 Å². The van der Waals surface area contributed by atoms with E-state index in [1.54, 1.807) is 0 Å². The van der Waals surface area contributed by atoms with Crippen LogP contribution in [0.5, 0.6) is 0 Å². The lowest BCUT2D eigenvalue weighted by atomic mass is 9.81. The first-order chi connectivity index (χ1) is 23.6. The van der Waals surface area contributed by atoms with Crippen LogP contribution in [0.25, 0.3) is 0 Å². The molecule has 8 aliphatic rings. The van der Waals surface area contributed by atoms with Crippen LogP contribution in [-0.2, 0) is 38.4 Å². The average Bonchev–Trinajstić information content (AvgIpc) is 3.70. The minimum Gasteiger partial charge on any atom is -0.281 e. The maximum Gasteiger partial charge on any atom is 0.233 e. The quantitative estimate of drug-likeness (QED) is 0.357. The van der Waals surface area contributed by atoms with Gasteiger partial charge in [0.1, 0.15) is 0 Å². The van der Waals surface area contributed by atoms with Crippen molar-refractivity contribution in [1.29, 1.82) is 0 Å². The van der Waals surface area contributed by atoms with E-state index < -0.39 is 52.8 Å². The average molecular weight is 677 g/mol. The highest BCUT2D eigenvalue weighted by atomic mass is 16.2. The molecule has 4 aliphatic heterocycles. The molecule has 8 rings (SSSR count). The predicted octanol–water partition coefficient (Wildman–Crippen LogP) is 2.67. The summed E-state index contributed by atoms with van der Waals surface area (Å²) in [5.74, 6) is -6.33. The van der Waals surface area contributed by atoms with Gasteiger partial charge in [-0.2, -0.15) is 0 Å². The third kappa shape index (κ3) is 5.20. The maximum atomic E-state index is 14.0. The Morgan fingerprint density at radius 2 is 0.449 bits per heavy atom. The summed E-state index contributed by atoms with van der Waals surface area (Å²) in [6.45, 7) is -1.16. The van der Waals surface area contributed by atoms with Crippen LogP contribution in [0.3, 0.4) is 0 Å². The zero-order valence-corrected chi connectivity index (χ0v) is 28.3. The highest BCUT2D eigenvalue weighted by Gasteiger charge is 2.59. The van der Waals surface area contributed by atoms with Gasteiger partial charge in [-0.05, 0) is 51.4 Å². The molecule has 4 heterocycles. The van der Waals surface area contributed by atoms with Gasteiger partial charge in [-0.25, -0.2) is 0 Å². The van der Waals surface area contributed by atoms with Gasteiger partial charge in [0, 0.05) is 31.6 Å². The van der Waals surface area contributed by atoms with Crippen LogP contribution in [0.4, 0.5) is 0 Å². The molecule has 0 bridgehead atoms. The van der Waals surface area contributed by atoms with E-state index in [4.69, 9.17) is 0 Å². The topological polar surface area (TPSA) is 150 Å². The first-order valence-electron chi connectivity index (χ1n) is 19.0. The molecule has 264 valence electrons. The molecule has 0 aromatic heterocycles. The number of hydrogen-bond donors (Lipinski definition) is 0. The van der Waals surface area contributed by atoms with Crippen molar-refractivity contribution in [2.75, 3.05) is 26.2 Å². The molecule has 4 saturated carbocycles. The van der Waals surface area contributed by atoms with Crippen molar-refractivity contribution in [2.45, 2.75) is 103 Å². The molecule has 8 amide bonds. The van der Waals surface area contributed by atoms with Crippen LogP contribution < -0.4 is 0 Å². The number of likely N-dealkylation sites (tertiary alicyclic amines) is 4. The molecule has 8 atom stereocenters. The molecule has 0 aromatic carbocycles. The van der Waals surface area contributed by atoms with Crippen LogP contribution in [0, 0.1) is 52.8 Å². The number of hydrogen-bond acceptors (Lipinski definition) is 8. The zero-order chi connectivity index (χ0) is 34.2. The van der Waals surface area contributed by atoms with Gasteiger partial charge in [0.2, 0.25) is 47.3 Å². The summed E-state index contributed by atoms with van der Waals surface area (Å²) in [7, 11) is 0. The third-order valence-corrected chi connectivity index (χ3v) is 13.7. The number of fused-ring (bicyclic) bond motifs is 4. The van der Waals surface area contributed by atoms with E-state index in [0.717, 1.165) is 51.4 Å². The first kappa shape index (κ1) is 32.7. The van der Waals surface area contributed by atoms with Crippen molar-refractivity contribution < 1.29 is 38.4 Å². The molecule has 12 heteroatoms. The summed E-state index contributed by atoms with van der Waals surface area (Å²) in [5.41, 5.74) is -1.50. The Labute approximate surface area is 286 Å². The second-order valence-electron chi connectivity index (χ2n) is 16.5. The molecule has 12 nitrogen and oxygen atoms in total. The predicted molar refractivity (Wildman–Crippen MR) is 171 cm³/mol. The fourth-order valence-electron chi connectivity index (χ4n) is 11.2. The molecule has 8 unspecified atom stereocenters. The van der Waals surface area contributed by atoms with E-state index in [1.165, 1.54) is 19.6 Å². The van der Waals surface area contributed by atoms with Crippen LogP contribution in [0.1, 0.15) is 103 Å². The van der Waals surface area contributed by atoms with Gasteiger partial charge in [0.25, 0.3) is 0 Å². The Hall–Kier alpha value is -3.44. The second-order valence-corrected chi connectivity index (χ2v) is 16.5. The Bertz CT molecular complexity index is 1190. The zero-order valence-electron chi connectivity index (χ0n) is 28.3. The fraction of sp³-hybridized carbons (Fsp3) is 0.784. The summed E-state index contributed by atoms with van der Waals surface area (Å²) < 4.78 is 0. The van der Waals surface area contributed by atoms with Crippen molar-refractivity contribution in [3.05, 3.63) is 0 Å². The maximum absolute atomic E-state index is 14.0. The van der Waals surface area contributed by atoms with Crippen LogP contribution in [0.2, 0.25) is 0 Å². The minimum absolute atomic E-state index is 0.289. The Morgan fingerprint density at radius 3 is 0.592 bits per heavy atom. The highest BCUT2D eigenvalue weighted by Crippen LogP contribution is 2.46. The third-order valence-electron chi connectivity index (χ3n) is 13.7. The normalized spacial score (nSPS) is 37.6. The molecule has 0 spiro atoms. The summed E-state index contributed by atoms with van der Waals surface area (Å²) in [5, 5.41) is 0. The molecule has 4 aliphatic carbocycles. The number of carbonyl (C=O) groups is 8. The molecule has 4 saturated heterocycles. The van der Waals surface area contributed by atoms with Crippen molar-refractivity contribution in [2.24, 2.45) is 52.8 Å². The van der Waals surface area contributed by atoms with E-state index in [2.05, 4.69) is 0 Å². The van der Waals surface area contributed by atoms with Crippen LogP contribution in [-0.4, -0.2) is 93.0 Å². The number of rotatable bonds is 8. The lowest BCUT2D eigenvalue weighted by Gasteiger charge is -2.42. The molecular weight excluding hydrogens is 628 g/mol. The highest BCUT2D eigenvalue weighted by molar-refractivity contribution is 6.08. The largest absolute Gasteiger partial charge is 0.281 e. The summed E-state index contributed by atoms with van der Waals surface area (Å²) in [4.78, 5) is 117. The van der Waals surface area contributed by atoms with Crippen LogP contribution in [0.15, 0.2) is 0 Å². The molecule has 8 fully saturated rings. The van der Waals surface area contributed by atoms with Gasteiger partial charge in [-0.3, -0.25) is 58.0 Å². The van der Waals surface area contributed by atoms with E-state index >= 15 is 0 Å². The minimum atomic E-state index is -1.50. The van der Waals surface area contributed by atoms with E-state index in [-0.39, 0.29) is 73.4 Å². The van der Waals surface area contributed by atoms with E-state index in [9.17, 15) is 38.4 Å². The molecular formula is C37H48N4O8. The van der Waals surface area contributed by atoms with Gasteiger partial charge < -0.3 is 0 Å². The lowest BCUT2D eigenvalue weighted by Crippen LogP contribution is -2.60. The Balaban J connectivity index is 1.21. The molecule has 0 aromatic rings. The van der Waals surface area contributed by atoms with Crippen molar-refractivity contribution in [3.63, 3.8) is 0 Å². The smallest absolute Gasteiger partial charge is 0.233 e. The number of nitrogens with zero attached hydrogens (tertiary/aromatic N) is 4. The number of amides is 8. The molecule has 0 radical (unpaired) electrons. The number of carbonyl (C=O) groups excluding carboxylic acids is 8. The number of imide groups is 4. The van der Waals surface area contributed by atoms with E-state index in [0.29, 0.717) is 51.4 Å². The molecule has 49 heavy (non-hydrogen) atoms. The van der Waals surface area contributed by atoms with Gasteiger partial charge >= 0.3 is 0 Å². The lowest BCUT2D eigenvalue weighted by molar-refractivity contribution is -0.148. The summed E-state index contributed by atoms with van der Waals surface area (Å²) in [6, 6.07) is 0. The van der Waals surface area contributed by atoms with Crippen molar-refractivity contribution >= 4 is 47.3 Å². The van der Waals surface area contributed by atoms with Gasteiger partial charge in [-0.1, -0.05) is 51.4 Å². The monoisotopic (exact) mass is 676 g/mol. The first-order valence-corrected chi connectivity index (χ1v) is 19.0. The van der Waals surface area contributed by atoms with Gasteiger partial charge in [0.15, 0.2) is 0 Å². The molecule has 0 N–H and O–H groups in total. The van der Waals surface area contributed by atoms with E-state index in [1.807, 2.05) is 0 Å². The van der Waals surface area contributed by atoms with Gasteiger partial charge in [0.05, 0.1) is 47.3 Å². The summed E-state index contributed by atoms with van der Waals surface area (Å²) >= 11 is 0. The van der Waals surface area contributed by atoms with Gasteiger partial charge in [-0.15, -0.1) is 0 Å².